The molecule has 1 saturated heterocycles. The van der Waals surface area contributed by atoms with Gasteiger partial charge >= 0.3 is 0 Å². The van der Waals surface area contributed by atoms with Crippen molar-refractivity contribution in [3.63, 3.8) is 0 Å². The zero-order chi connectivity index (χ0) is 13.4. The minimum Gasteiger partial charge on any atom is -0.459 e. The summed E-state index contributed by atoms with van der Waals surface area (Å²) in [6, 6.07) is 7.87. The zero-order valence-electron chi connectivity index (χ0n) is 11.1. The second-order valence-electron chi connectivity index (χ2n) is 5.18. The van der Waals surface area contributed by atoms with Crippen LogP contribution in [0.3, 0.4) is 0 Å². The summed E-state index contributed by atoms with van der Waals surface area (Å²) in [5, 5.41) is 1.15. The van der Waals surface area contributed by atoms with Crippen molar-refractivity contribution in [2.75, 3.05) is 6.54 Å². The lowest BCUT2D eigenvalue weighted by Crippen LogP contribution is -2.39. The van der Waals surface area contributed by atoms with Crippen molar-refractivity contribution in [2.45, 2.75) is 32.4 Å². The van der Waals surface area contributed by atoms with Gasteiger partial charge in [0.25, 0.3) is 0 Å². The molecule has 100 valence electrons. The topological polar surface area (TPSA) is 59.5 Å². The summed E-state index contributed by atoms with van der Waals surface area (Å²) in [4.78, 5) is 13.5. The minimum absolute atomic E-state index is 0.146. The van der Waals surface area contributed by atoms with Gasteiger partial charge in [-0.1, -0.05) is 18.2 Å². The second kappa shape index (κ2) is 4.70. The molecule has 0 aliphatic carbocycles. The number of fused-ring (bicyclic) bond motifs is 1. The molecule has 3 rings (SSSR count). The third-order valence-electron chi connectivity index (χ3n) is 3.98. The summed E-state index contributed by atoms with van der Waals surface area (Å²) >= 11 is 0. The highest BCUT2D eigenvalue weighted by molar-refractivity contribution is 5.82. The number of hydrogen-bond donors (Lipinski definition) is 1. The Morgan fingerprint density at radius 2 is 2.26 bits per heavy atom. The number of amides is 1. The van der Waals surface area contributed by atoms with Crippen LogP contribution in [-0.4, -0.2) is 23.4 Å². The number of nitrogens with two attached hydrogens (primary N) is 1. The number of carbonyl (C=O) groups excluding carboxylic acids is 1. The van der Waals surface area contributed by atoms with Gasteiger partial charge in [-0.05, 0) is 37.9 Å². The summed E-state index contributed by atoms with van der Waals surface area (Å²) in [5.41, 5.74) is 7.51. The number of hydrogen-bond acceptors (Lipinski definition) is 3. The van der Waals surface area contributed by atoms with Crippen LogP contribution in [0.4, 0.5) is 0 Å². The number of aryl methyl sites for hydroxylation is 1. The Morgan fingerprint density at radius 3 is 3.00 bits per heavy atom. The maximum atomic E-state index is 11.4. The SMILES string of the molecule is Cc1c(CN2CCCC2C(N)=O)oc2ccccc12. The highest BCUT2D eigenvalue weighted by atomic mass is 16.3. The highest BCUT2D eigenvalue weighted by Gasteiger charge is 2.30. The van der Waals surface area contributed by atoms with Gasteiger partial charge in [0.2, 0.25) is 5.91 Å². The molecular weight excluding hydrogens is 240 g/mol. The average Bonchev–Trinajstić information content (AvgIpc) is 2.97. The molecule has 1 aromatic heterocycles. The van der Waals surface area contributed by atoms with Crippen LogP contribution < -0.4 is 5.73 Å². The molecule has 2 aromatic rings. The molecule has 4 heteroatoms. The number of para-hydroxylation sites is 1. The molecule has 0 spiro atoms. The van der Waals surface area contributed by atoms with E-state index in [1.807, 2.05) is 18.2 Å². The molecule has 1 aliphatic rings. The van der Waals surface area contributed by atoms with Gasteiger partial charge in [-0.2, -0.15) is 0 Å². The van der Waals surface area contributed by atoms with Gasteiger partial charge in [-0.3, -0.25) is 9.69 Å². The Hall–Kier alpha value is -1.81. The molecule has 0 bridgehead atoms. The van der Waals surface area contributed by atoms with Crippen LogP contribution in [0.5, 0.6) is 0 Å². The standard InChI is InChI=1S/C15H18N2O2/c1-10-11-5-2-3-7-13(11)19-14(10)9-17-8-4-6-12(17)15(16)18/h2-3,5,7,12H,4,6,8-9H2,1H3,(H2,16,18). The number of likely N-dealkylation sites (tertiary alicyclic amines) is 1. The quantitative estimate of drug-likeness (QED) is 0.918. The molecule has 0 saturated carbocycles. The maximum absolute atomic E-state index is 11.4. The molecular formula is C15H18N2O2. The maximum Gasteiger partial charge on any atom is 0.234 e. The number of primary amides is 1. The van der Waals surface area contributed by atoms with Crippen LogP contribution in [0.1, 0.15) is 24.2 Å². The van der Waals surface area contributed by atoms with Crippen molar-refractivity contribution in [2.24, 2.45) is 5.73 Å². The third kappa shape index (κ3) is 2.12. The van der Waals surface area contributed by atoms with Crippen molar-refractivity contribution < 1.29 is 9.21 Å². The largest absolute Gasteiger partial charge is 0.459 e. The highest BCUT2D eigenvalue weighted by Crippen LogP contribution is 2.28. The van der Waals surface area contributed by atoms with Crippen LogP contribution in [0, 0.1) is 6.92 Å². The van der Waals surface area contributed by atoms with Gasteiger partial charge in [-0.15, -0.1) is 0 Å². The van der Waals surface area contributed by atoms with Gasteiger partial charge in [0.05, 0.1) is 12.6 Å². The average molecular weight is 258 g/mol. The van der Waals surface area contributed by atoms with Crippen LogP contribution in [0.2, 0.25) is 0 Å². The number of benzene rings is 1. The van der Waals surface area contributed by atoms with Crippen LogP contribution in [0.25, 0.3) is 11.0 Å². The molecule has 0 radical (unpaired) electrons. The fourth-order valence-corrected chi connectivity index (χ4v) is 2.90. The first-order chi connectivity index (χ1) is 9.16. The van der Waals surface area contributed by atoms with Crippen molar-refractivity contribution in [1.82, 2.24) is 4.90 Å². The first-order valence-corrected chi connectivity index (χ1v) is 6.67. The van der Waals surface area contributed by atoms with E-state index < -0.39 is 0 Å². The van der Waals surface area contributed by atoms with Gasteiger partial charge in [0.15, 0.2) is 0 Å². The number of carbonyl (C=O) groups is 1. The van der Waals surface area contributed by atoms with Crippen LogP contribution in [-0.2, 0) is 11.3 Å². The first kappa shape index (κ1) is 12.2. The van der Waals surface area contributed by atoms with E-state index in [1.54, 1.807) is 0 Å². The fraction of sp³-hybridized carbons (Fsp3) is 0.400. The molecule has 2 N–H and O–H groups in total. The van der Waals surface area contributed by atoms with Crippen LogP contribution in [0.15, 0.2) is 28.7 Å². The summed E-state index contributed by atoms with van der Waals surface area (Å²) in [6.45, 7) is 3.63. The molecule has 1 aromatic carbocycles. The Morgan fingerprint density at radius 1 is 1.47 bits per heavy atom. The first-order valence-electron chi connectivity index (χ1n) is 6.67. The lowest BCUT2D eigenvalue weighted by atomic mass is 10.1. The molecule has 1 atom stereocenters. The normalized spacial score (nSPS) is 20.2. The Balaban J connectivity index is 1.89. The van der Waals surface area contributed by atoms with E-state index in [9.17, 15) is 4.79 Å². The third-order valence-corrected chi connectivity index (χ3v) is 3.98. The van der Waals surface area contributed by atoms with Crippen molar-refractivity contribution >= 4 is 16.9 Å². The summed E-state index contributed by atoms with van der Waals surface area (Å²) < 4.78 is 5.90. The predicted octanol–water partition coefficient (Wildman–Crippen LogP) is 2.19. The number of furan rings is 1. The van der Waals surface area contributed by atoms with Gasteiger partial charge in [0.1, 0.15) is 11.3 Å². The van der Waals surface area contributed by atoms with Gasteiger partial charge < -0.3 is 10.2 Å². The van der Waals surface area contributed by atoms with Gasteiger partial charge in [-0.25, -0.2) is 0 Å². The predicted molar refractivity (Wildman–Crippen MR) is 73.6 cm³/mol. The fourth-order valence-electron chi connectivity index (χ4n) is 2.90. The summed E-state index contributed by atoms with van der Waals surface area (Å²) in [7, 11) is 0. The van der Waals surface area contributed by atoms with Crippen molar-refractivity contribution in [1.29, 1.82) is 0 Å². The molecule has 4 nitrogen and oxygen atoms in total. The van der Waals surface area contributed by atoms with Gasteiger partial charge in [0, 0.05) is 5.39 Å². The summed E-state index contributed by atoms with van der Waals surface area (Å²) in [5.74, 6) is 0.709. The van der Waals surface area contributed by atoms with E-state index in [0.717, 1.165) is 41.7 Å². The molecule has 1 aliphatic heterocycles. The Bertz CT molecular complexity index is 618. The lowest BCUT2D eigenvalue weighted by molar-refractivity contribution is -0.122. The Labute approximate surface area is 112 Å². The van der Waals surface area contributed by atoms with E-state index >= 15 is 0 Å². The number of nitrogens with zero attached hydrogens (tertiary/aromatic N) is 1. The van der Waals surface area contributed by atoms with E-state index in [0.29, 0.717) is 6.54 Å². The summed E-state index contributed by atoms with van der Waals surface area (Å²) in [6.07, 6.45) is 1.88. The second-order valence-corrected chi connectivity index (χ2v) is 5.18. The van der Waals surface area contributed by atoms with Crippen molar-refractivity contribution in [3.8, 4) is 0 Å². The van der Waals surface area contributed by atoms with E-state index in [1.165, 1.54) is 0 Å². The number of rotatable bonds is 3. The van der Waals surface area contributed by atoms with Crippen molar-refractivity contribution in [3.05, 3.63) is 35.6 Å². The van der Waals surface area contributed by atoms with Crippen LogP contribution >= 0.6 is 0 Å². The lowest BCUT2D eigenvalue weighted by Gasteiger charge is -2.20. The van der Waals surface area contributed by atoms with E-state index in [-0.39, 0.29) is 11.9 Å². The molecule has 1 unspecified atom stereocenters. The molecule has 2 heterocycles. The molecule has 1 amide bonds. The zero-order valence-corrected chi connectivity index (χ0v) is 11.1. The molecule has 1 fully saturated rings. The monoisotopic (exact) mass is 258 g/mol. The molecule has 19 heavy (non-hydrogen) atoms. The van der Waals surface area contributed by atoms with E-state index in [2.05, 4.69) is 17.9 Å². The smallest absolute Gasteiger partial charge is 0.234 e. The van der Waals surface area contributed by atoms with E-state index in [4.69, 9.17) is 10.2 Å². The minimum atomic E-state index is -0.230. The Kier molecular flexibility index (Phi) is 3.03.